The van der Waals surface area contributed by atoms with Crippen LogP contribution >= 0.6 is 0 Å². The van der Waals surface area contributed by atoms with Crippen LogP contribution in [0, 0.1) is 22.2 Å². The summed E-state index contributed by atoms with van der Waals surface area (Å²) in [5.74, 6) is -1.01. The lowest BCUT2D eigenvalue weighted by Gasteiger charge is -2.38. The molecular formula is C13H22N2O4. The zero-order valence-electron chi connectivity index (χ0n) is 12.1. The van der Waals surface area contributed by atoms with Gasteiger partial charge in [-0.25, -0.2) is 10.3 Å². The molecule has 1 rings (SSSR count). The summed E-state index contributed by atoms with van der Waals surface area (Å²) in [5, 5.41) is 7.20. The van der Waals surface area contributed by atoms with Crippen molar-refractivity contribution in [3.05, 3.63) is 0 Å². The van der Waals surface area contributed by atoms with Crippen molar-refractivity contribution in [2.75, 3.05) is 7.11 Å². The maximum atomic E-state index is 12.2. The standard InChI is InChI=1S/C13H22N2O4/c1-8(14)15-19-11(17)13(4)7-6-9(10(16)18-5)12(13,2)3/h9H,6-7H2,1-5H3,(H2,14,15)/t9-,13+/m0/s1. The molecule has 1 aliphatic carbocycles. The Morgan fingerprint density at radius 1 is 1.32 bits per heavy atom. The normalized spacial score (nSPS) is 28.6. The third-order valence-corrected chi connectivity index (χ3v) is 4.46. The van der Waals surface area contributed by atoms with E-state index in [4.69, 9.17) is 15.0 Å². The topological polar surface area (TPSA) is 88.5 Å². The van der Waals surface area contributed by atoms with Crippen LogP contribution in [-0.2, 0) is 19.2 Å². The van der Waals surface area contributed by atoms with Crippen molar-refractivity contribution in [2.45, 2.75) is 40.5 Å². The SMILES string of the molecule is COC(=O)[C@@H]1CC[C@](C)(C(=O)ONC(C)=N)C1(C)C. The van der Waals surface area contributed by atoms with E-state index in [0.717, 1.165) is 0 Å². The molecule has 0 aromatic carbocycles. The van der Waals surface area contributed by atoms with Gasteiger partial charge in [0.25, 0.3) is 0 Å². The molecule has 0 spiro atoms. The van der Waals surface area contributed by atoms with Crippen molar-refractivity contribution in [1.29, 1.82) is 5.41 Å². The Balaban J connectivity index is 2.91. The molecule has 2 N–H and O–H groups in total. The Kier molecular flexibility index (Phi) is 4.22. The molecule has 0 aromatic heterocycles. The second kappa shape index (κ2) is 5.19. The first-order valence-corrected chi connectivity index (χ1v) is 6.27. The van der Waals surface area contributed by atoms with Gasteiger partial charge in [0.15, 0.2) is 0 Å². The molecule has 108 valence electrons. The van der Waals surface area contributed by atoms with Crippen LogP contribution in [0.5, 0.6) is 0 Å². The number of hydrogen-bond acceptors (Lipinski definition) is 5. The van der Waals surface area contributed by atoms with Crippen LogP contribution in [0.2, 0.25) is 0 Å². The predicted octanol–water partition coefficient (Wildman–Crippen LogP) is 1.65. The quantitative estimate of drug-likeness (QED) is 0.345. The number of ether oxygens (including phenoxy) is 1. The highest BCUT2D eigenvalue weighted by atomic mass is 16.7. The zero-order chi connectivity index (χ0) is 14.8. The van der Waals surface area contributed by atoms with Gasteiger partial charge in [-0.1, -0.05) is 13.8 Å². The first-order chi connectivity index (χ1) is 8.66. The lowest BCUT2D eigenvalue weighted by Crippen LogP contribution is -2.45. The summed E-state index contributed by atoms with van der Waals surface area (Å²) in [6, 6.07) is 0. The minimum Gasteiger partial charge on any atom is -0.469 e. The third kappa shape index (κ3) is 2.57. The molecule has 0 aliphatic heterocycles. The van der Waals surface area contributed by atoms with E-state index in [-0.39, 0.29) is 17.7 Å². The number of nitrogens with one attached hydrogen (secondary N) is 2. The summed E-state index contributed by atoms with van der Waals surface area (Å²) in [6.07, 6.45) is 1.15. The lowest BCUT2D eigenvalue weighted by molar-refractivity contribution is -0.168. The predicted molar refractivity (Wildman–Crippen MR) is 69.3 cm³/mol. The number of carbonyl (C=O) groups is 2. The molecule has 6 nitrogen and oxygen atoms in total. The molecule has 1 saturated carbocycles. The molecule has 0 heterocycles. The average molecular weight is 270 g/mol. The molecule has 0 aromatic rings. The Hall–Kier alpha value is -1.59. The van der Waals surface area contributed by atoms with E-state index in [1.54, 1.807) is 6.92 Å². The molecule has 19 heavy (non-hydrogen) atoms. The minimum atomic E-state index is -0.783. The van der Waals surface area contributed by atoms with Crippen LogP contribution in [0.4, 0.5) is 0 Å². The average Bonchev–Trinajstić information content (AvgIpc) is 2.57. The van der Waals surface area contributed by atoms with Crippen molar-refractivity contribution in [3.63, 3.8) is 0 Å². The highest BCUT2D eigenvalue weighted by Gasteiger charge is 2.59. The van der Waals surface area contributed by atoms with Crippen molar-refractivity contribution < 1.29 is 19.2 Å². The van der Waals surface area contributed by atoms with Crippen LogP contribution in [-0.4, -0.2) is 24.9 Å². The molecule has 0 unspecified atom stereocenters. The van der Waals surface area contributed by atoms with Gasteiger partial charge < -0.3 is 9.57 Å². The fraction of sp³-hybridized carbons (Fsp3) is 0.769. The maximum Gasteiger partial charge on any atom is 0.338 e. The van der Waals surface area contributed by atoms with E-state index in [1.807, 2.05) is 13.8 Å². The van der Waals surface area contributed by atoms with E-state index in [0.29, 0.717) is 12.8 Å². The molecule has 1 fully saturated rings. The van der Waals surface area contributed by atoms with Gasteiger partial charge in [0, 0.05) is 0 Å². The first-order valence-electron chi connectivity index (χ1n) is 6.27. The number of hydroxylamine groups is 1. The molecule has 0 saturated heterocycles. The van der Waals surface area contributed by atoms with Crippen molar-refractivity contribution >= 4 is 17.8 Å². The largest absolute Gasteiger partial charge is 0.469 e. The van der Waals surface area contributed by atoms with Crippen LogP contribution in [0.1, 0.15) is 40.5 Å². The molecule has 1 aliphatic rings. The summed E-state index contributed by atoms with van der Waals surface area (Å²) >= 11 is 0. The number of hydrogen-bond donors (Lipinski definition) is 2. The van der Waals surface area contributed by atoms with E-state index in [9.17, 15) is 9.59 Å². The first kappa shape index (κ1) is 15.5. The fourth-order valence-electron chi connectivity index (χ4n) is 2.66. The highest BCUT2D eigenvalue weighted by Crippen LogP contribution is 2.56. The smallest absolute Gasteiger partial charge is 0.338 e. The van der Waals surface area contributed by atoms with E-state index >= 15 is 0 Å². The number of rotatable bonds is 2. The van der Waals surface area contributed by atoms with Gasteiger partial charge in [-0.05, 0) is 32.1 Å². The zero-order valence-corrected chi connectivity index (χ0v) is 12.1. The summed E-state index contributed by atoms with van der Waals surface area (Å²) in [7, 11) is 1.35. The summed E-state index contributed by atoms with van der Waals surface area (Å²) in [5.41, 5.74) is 0.917. The number of methoxy groups -OCH3 is 1. The van der Waals surface area contributed by atoms with E-state index in [2.05, 4.69) is 5.48 Å². The Morgan fingerprint density at radius 3 is 2.37 bits per heavy atom. The molecular weight excluding hydrogens is 248 g/mol. The number of carbonyl (C=O) groups excluding carboxylic acids is 2. The maximum absolute atomic E-state index is 12.2. The highest BCUT2D eigenvalue weighted by molar-refractivity contribution is 5.83. The lowest BCUT2D eigenvalue weighted by atomic mass is 9.66. The van der Waals surface area contributed by atoms with E-state index < -0.39 is 16.8 Å². The van der Waals surface area contributed by atoms with Gasteiger partial charge in [0.1, 0.15) is 5.84 Å². The van der Waals surface area contributed by atoms with Gasteiger partial charge in [-0.3, -0.25) is 10.2 Å². The Bertz CT molecular complexity index is 405. The van der Waals surface area contributed by atoms with E-state index in [1.165, 1.54) is 14.0 Å². The number of amidine groups is 1. The molecule has 0 radical (unpaired) electrons. The fourth-order valence-corrected chi connectivity index (χ4v) is 2.66. The summed E-state index contributed by atoms with van der Waals surface area (Å²) in [4.78, 5) is 28.9. The minimum absolute atomic E-state index is 0.0530. The summed E-state index contributed by atoms with van der Waals surface area (Å²) in [6.45, 7) is 7.02. The van der Waals surface area contributed by atoms with Gasteiger partial charge >= 0.3 is 11.9 Å². The molecule has 2 atom stereocenters. The van der Waals surface area contributed by atoms with Crippen molar-refractivity contribution in [2.24, 2.45) is 16.7 Å². The Labute approximate surface area is 113 Å². The van der Waals surface area contributed by atoms with Gasteiger partial charge in [0.05, 0.1) is 18.4 Å². The monoisotopic (exact) mass is 270 g/mol. The van der Waals surface area contributed by atoms with Crippen LogP contribution < -0.4 is 5.48 Å². The molecule has 6 heteroatoms. The third-order valence-electron chi connectivity index (χ3n) is 4.46. The second-order valence-corrected chi connectivity index (χ2v) is 5.78. The second-order valence-electron chi connectivity index (χ2n) is 5.78. The molecule has 0 bridgehead atoms. The van der Waals surface area contributed by atoms with Crippen LogP contribution in [0.15, 0.2) is 0 Å². The van der Waals surface area contributed by atoms with Crippen molar-refractivity contribution in [1.82, 2.24) is 5.48 Å². The molecule has 0 amide bonds. The Morgan fingerprint density at radius 2 is 1.89 bits per heavy atom. The van der Waals surface area contributed by atoms with Gasteiger partial charge in [-0.15, -0.1) is 0 Å². The van der Waals surface area contributed by atoms with Gasteiger partial charge in [-0.2, -0.15) is 0 Å². The van der Waals surface area contributed by atoms with Crippen LogP contribution in [0.3, 0.4) is 0 Å². The van der Waals surface area contributed by atoms with Gasteiger partial charge in [0.2, 0.25) is 0 Å². The summed E-state index contributed by atoms with van der Waals surface area (Å²) < 4.78 is 4.80. The number of esters is 1. The van der Waals surface area contributed by atoms with Crippen molar-refractivity contribution in [3.8, 4) is 0 Å². The van der Waals surface area contributed by atoms with Crippen LogP contribution in [0.25, 0.3) is 0 Å².